The predicted octanol–water partition coefficient (Wildman–Crippen LogP) is -2.58. The average molecular weight is 590 g/mol. The highest BCUT2D eigenvalue weighted by Gasteiger charge is 2.40. The van der Waals surface area contributed by atoms with E-state index >= 15 is 0 Å². The van der Waals surface area contributed by atoms with Crippen LogP contribution in [0.25, 0.3) is 0 Å². The summed E-state index contributed by atoms with van der Waals surface area (Å²) in [5.41, 5.74) is 0.383. The number of aliphatic carboxylic acids is 2. The van der Waals surface area contributed by atoms with Gasteiger partial charge in [-0.2, -0.15) is 0 Å². The van der Waals surface area contributed by atoms with Gasteiger partial charge in [0.25, 0.3) is 11.8 Å². The second-order valence-electron chi connectivity index (χ2n) is 9.48. The maximum absolute atomic E-state index is 12.9. The Morgan fingerprint density at radius 3 is 2.30 bits per heavy atom. The number of likely N-dealkylation sites (tertiary alicyclic amines) is 2. The minimum absolute atomic E-state index is 0.0204. The summed E-state index contributed by atoms with van der Waals surface area (Å²) in [7, 11) is 1.69. The van der Waals surface area contributed by atoms with E-state index in [1.807, 2.05) is 0 Å². The van der Waals surface area contributed by atoms with Gasteiger partial charge in [0.05, 0.1) is 46.4 Å². The maximum atomic E-state index is 12.9. The summed E-state index contributed by atoms with van der Waals surface area (Å²) < 4.78 is 1.61. The molecule has 0 bridgehead atoms. The lowest BCUT2D eigenvalue weighted by Crippen LogP contribution is -2.56. The van der Waals surface area contributed by atoms with Crippen molar-refractivity contribution in [3.05, 3.63) is 46.4 Å². The number of carboxylic acids is 2. The van der Waals surface area contributed by atoms with Crippen LogP contribution in [0.4, 0.5) is 0 Å². The lowest BCUT2D eigenvalue weighted by Gasteiger charge is -2.29. The Kier molecular flexibility index (Phi) is 9.14. The largest absolute Gasteiger partial charge is 0.548 e. The van der Waals surface area contributed by atoms with Gasteiger partial charge >= 0.3 is 0 Å². The molecule has 2 aliphatic heterocycles. The molecule has 0 aromatic carbocycles. The standard InChI is InChI=1S/C25H29N5O8S2/c1-28-7-2-4-16(28)22(33)26-14-10-17(24(35)36)30(11-14)20(32)13-39-12-19(31)29-8-6-15(21(29)25(37)38)27-23(34)18-5-3-9-40-18/h2-5,7,9,14-15,17,21H,6,8,10-13H2,1H3,(H,26,33)(H,27,34)(H,35,36)(H,37,38)/p-2/t14-,15-,17-,21-/m0/s1. The summed E-state index contributed by atoms with van der Waals surface area (Å²) in [4.78, 5) is 76.7. The number of carbonyl (C=O) groups excluding carboxylic acids is 6. The normalized spacial score (nSPS) is 22.2. The van der Waals surface area contributed by atoms with Crippen LogP contribution in [-0.2, 0) is 26.2 Å². The fourth-order valence-electron chi connectivity index (χ4n) is 4.95. The van der Waals surface area contributed by atoms with Gasteiger partial charge in [-0.3, -0.25) is 19.2 Å². The molecule has 13 nitrogen and oxygen atoms in total. The van der Waals surface area contributed by atoms with Crippen molar-refractivity contribution in [1.29, 1.82) is 0 Å². The number of hydrogen-bond acceptors (Lipinski definition) is 10. The SMILES string of the molecule is Cn1cccc1C(=O)N[C@H]1C[C@@H](C(=O)[O-])N(C(=O)CSCC(=O)N2CC[C@H](NC(=O)c3cccs3)[C@H]2C(=O)[O-])C1. The zero-order valence-corrected chi connectivity index (χ0v) is 23.1. The van der Waals surface area contributed by atoms with Gasteiger partial charge in [-0.25, -0.2) is 0 Å². The molecular formula is C25H27N5O8S2-2. The molecule has 2 aromatic heterocycles. The molecule has 2 N–H and O–H groups in total. The Balaban J connectivity index is 1.29. The molecule has 4 atom stereocenters. The number of hydrogen-bond donors (Lipinski definition) is 2. The number of carboxylic acid groups (broad SMARTS) is 2. The lowest BCUT2D eigenvalue weighted by atomic mass is 10.1. The van der Waals surface area contributed by atoms with Crippen LogP contribution in [0.2, 0.25) is 0 Å². The number of amides is 4. The van der Waals surface area contributed by atoms with Crippen molar-refractivity contribution in [1.82, 2.24) is 25.0 Å². The maximum Gasteiger partial charge on any atom is 0.268 e. The number of carbonyl (C=O) groups is 6. The van der Waals surface area contributed by atoms with Crippen molar-refractivity contribution in [2.45, 2.75) is 37.0 Å². The second kappa shape index (κ2) is 12.6. The van der Waals surface area contributed by atoms with Crippen molar-refractivity contribution in [3.8, 4) is 0 Å². The van der Waals surface area contributed by atoms with Gasteiger partial charge in [0.1, 0.15) is 5.69 Å². The molecule has 4 rings (SSSR count). The Hall–Kier alpha value is -3.85. The number of thiophene rings is 1. The van der Waals surface area contributed by atoms with Crippen molar-refractivity contribution in [3.63, 3.8) is 0 Å². The minimum Gasteiger partial charge on any atom is -0.548 e. The molecule has 0 aliphatic carbocycles. The number of aryl methyl sites for hydroxylation is 1. The first kappa shape index (κ1) is 29.1. The summed E-state index contributed by atoms with van der Waals surface area (Å²) in [5, 5.41) is 30.6. The van der Waals surface area contributed by atoms with E-state index in [-0.39, 0.29) is 37.4 Å². The summed E-state index contributed by atoms with van der Waals surface area (Å²) in [6.07, 6.45) is 1.90. The zero-order valence-electron chi connectivity index (χ0n) is 21.4. The Morgan fingerprint density at radius 1 is 0.975 bits per heavy atom. The van der Waals surface area contributed by atoms with E-state index in [9.17, 15) is 39.0 Å². The molecule has 4 heterocycles. The fourth-order valence-corrected chi connectivity index (χ4v) is 6.36. The van der Waals surface area contributed by atoms with Crippen molar-refractivity contribution < 1.29 is 39.0 Å². The van der Waals surface area contributed by atoms with Crippen LogP contribution in [0.15, 0.2) is 35.8 Å². The molecular weight excluding hydrogens is 562 g/mol. The lowest BCUT2D eigenvalue weighted by molar-refractivity contribution is -0.312. The van der Waals surface area contributed by atoms with Crippen LogP contribution in [-0.4, -0.2) is 98.7 Å². The summed E-state index contributed by atoms with van der Waals surface area (Å²) >= 11 is 2.12. The van der Waals surface area contributed by atoms with Gasteiger partial charge in [0.2, 0.25) is 11.8 Å². The van der Waals surface area contributed by atoms with E-state index < -0.39 is 59.7 Å². The van der Waals surface area contributed by atoms with E-state index in [0.717, 1.165) is 21.6 Å². The second-order valence-corrected chi connectivity index (χ2v) is 11.4. The Labute approximate surface area is 237 Å². The Bertz CT molecular complexity index is 1300. The number of nitrogens with zero attached hydrogens (tertiary/aromatic N) is 3. The molecule has 2 aliphatic rings. The molecule has 40 heavy (non-hydrogen) atoms. The third-order valence-corrected chi connectivity index (χ3v) is 8.65. The van der Waals surface area contributed by atoms with Gasteiger partial charge < -0.3 is 44.8 Å². The predicted molar refractivity (Wildman–Crippen MR) is 140 cm³/mol. The first-order chi connectivity index (χ1) is 19.1. The third kappa shape index (κ3) is 6.47. The van der Waals surface area contributed by atoms with Crippen LogP contribution < -0.4 is 20.8 Å². The van der Waals surface area contributed by atoms with Crippen molar-refractivity contribution in [2.24, 2.45) is 7.05 Å². The number of rotatable bonds is 10. The monoisotopic (exact) mass is 589 g/mol. The fraction of sp³-hybridized carbons (Fsp3) is 0.440. The molecule has 4 amide bonds. The number of thioether (sulfide) groups is 1. The molecule has 0 radical (unpaired) electrons. The molecule has 0 saturated carbocycles. The molecule has 0 unspecified atom stereocenters. The summed E-state index contributed by atoms with van der Waals surface area (Å²) in [6.45, 7) is 0.0510. The number of aromatic nitrogens is 1. The quantitative estimate of drug-likeness (QED) is 0.300. The van der Waals surface area contributed by atoms with Gasteiger partial charge in [-0.05, 0) is 36.4 Å². The van der Waals surface area contributed by atoms with Crippen LogP contribution in [0, 0.1) is 0 Å². The topological polar surface area (TPSA) is 184 Å². The smallest absolute Gasteiger partial charge is 0.268 e. The first-order valence-corrected chi connectivity index (χ1v) is 14.4. The molecule has 2 saturated heterocycles. The van der Waals surface area contributed by atoms with Crippen molar-refractivity contribution in [2.75, 3.05) is 24.6 Å². The summed E-state index contributed by atoms with van der Waals surface area (Å²) in [6, 6.07) is 2.57. The molecule has 0 spiro atoms. The van der Waals surface area contributed by atoms with Crippen LogP contribution in [0.5, 0.6) is 0 Å². The van der Waals surface area contributed by atoms with E-state index in [1.165, 1.54) is 11.3 Å². The van der Waals surface area contributed by atoms with E-state index in [0.29, 0.717) is 10.6 Å². The highest BCUT2D eigenvalue weighted by atomic mass is 32.2. The Morgan fingerprint density at radius 2 is 1.70 bits per heavy atom. The molecule has 2 aromatic rings. The van der Waals surface area contributed by atoms with E-state index in [1.54, 1.807) is 47.5 Å². The van der Waals surface area contributed by atoms with Gasteiger partial charge in [0.15, 0.2) is 0 Å². The van der Waals surface area contributed by atoms with Crippen LogP contribution in [0.1, 0.15) is 33.0 Å². The molecule has 214 valence electrons. The molecule has 2 fully saturated rings. The van der Waals surface area contributed by atoms with Crippen LogP contribution >= 0.6 is 23.1 Å². The average Bonchev–Trinajstić information content (AvgIpc) is 3.69. The van der Waals surface area contributed by atoms with E-state index in [4.69, 9.17) is 0 Å². The summed E-state index contributed by atoms with van der Waals surface area (Å²) in [5.74, 6) is -5.37. The van der Waals surface area contributed by atoms with Gasteiger partial charge in [-0.1, -0.05) is 6.07 Å². The van der Waals surface area contributed by atoms with Crippen molar-refractivity contribution >= 4 is 58.7 Å². The molecule has 15 heteroatoms. The highest BCUT2D eigenvalue weighted by molar-refractivity contribution is 8.00. The first-order valence-electron chi connectivity index (χ1n) is 12.4. The van der Waals surface area contributed by atoms with Gasteiger partial charge in [0, 0.05) is 32.4 Å². The zero-order chi connectivity index (χ0) is 29.0. The van der Waals surface area contributed by atoms with E-state index in [2.05, 4.69) is 10.6 Å². The third-order valence-electron chi connectivity index (χ3n) is 6.88. The van der Waals surface area contributed by atoms with Gasteiger partial charge in [-0.15, -0.1) is 23.1 Å². The number of nitrogens with one attached hydrogen (secondary N) is 2. The highest BCUT2D eigenvalue weighted by Crippen LogP contribution is 2.23. The van der Waals surface area contributed by atoms with Crippen LogP contribution in [0.3, 0.4) is 0 Å². The minimum atomic E-state index is -1.50.